The van der Waals surface area contributed by atoms with Crippen molar-refractivity contribution < 1.29 is 9.59 Å². The Bertz CT molecular complexity index is 814. The van der Waals surface area contributed by atoms with Crippen molar-refractivity contribution in [3.63, 3.8) is 0 Å². The van der Waals surface area contributed by atoms with Crippen molar-refractivity contribution >= 4 is 12.1 Å². The molecule has 0 amide bonds. The zero-order valence-corrected chi connectivity index (χ0v) is 20.6. The molecule has 0 unspecified atom stereocenters. The van der Waals surface area contributed by atoms with Gasteiger partial charge in [0.2, 0.25) is 0 Å². The van der Waals surface area contributed by atoms with Gasteiger partial charge < -0.3 is 4.79 Å². The lowest BCUT2D eigenvalue weighted by Gasteiger charge is -2.70. The van der Waals surface area contributed by atoms with Crippen LogP contribution in [-0.4, -0.2) is 12.1 Å². The Hall–Kier alpha value is -0.920. The summed E-state index contributed by atoms with van der Waals surface area (Å²) in [4.78, 5) is 25.8. The van der Waals surface area contributed by atoms with E-state index in [1.807, 2.05) is 0 Å². The summed E-state index contributed by atoms with van der Waals surface area (Å²) >= 11 is 0. The molecule has 5 rings (SSSR count). The van der Waals surface area contributed by atoms with E-state index in [-0.39, 0.29) is 22.2 Å². The Balaban J connectivity index is 1.58. The minimum absolute atomic E-state index is 0.0760. The Morgan fingerprint density at radius 3 is 2.39 bits per heavy atom. The maximum absolute atomic E-state index is 13.2. The second-order valence-corrected chi connectivity index (χ2v) is 13.4. The molecule has 0 aliphatic heterocycles. The largest absolute Gasteiger partial charge is 0.303 e. The summed E-state index contributed by atoms with van der Waals surface area (Å²) in [5, 5.41) is 0. The van der Waals surface area contributed by atoms with Crippen molar-refractivity contribution in [2.45, 2.75) is 98.8 Å². The molecule has 5 aliphatic carbocycles. The second-order valence-electron chi connectivity index (χ2n) is 13.4. The van der Waals surface area contributed by atoms with Crippen LogP contribution in [0.25, 0.3) is 0 Å². The maximum Gasteiger partial charge on any atom is 0.136 e. The van der Waals surface area contributed by atoms with E-state index >= 15 is 0 Å². The number of ketones is 1. The van der Waals surface area contributed by atoms with Gasteiger partial charge in [0.1, 0.15) is 12.1 Å². The fourth-order valence-electron chi connectivity index (χ4n) is 10.9. The Labute approximate surface area is 190 Å². The van der Waals surface area contributed by atoms with Gasteiger partial charge in [0.15, 0.2) is 0 Å². The highest BCUT2D eigenvalue weighted by molar-refractivity contribution is 5.82. The summed E-state index contributed by atoms with van der Waals surface area (Å²) in [6.07, 6.45) is 12.8. The molecule has 5 aliphatic rings. The quantitative estimate of drug-likeness (QED) is 0.352. The molecule has 0 bridgehead atoms. The summed E-state index contributed by atoms with van der Waals surface area (Å²) in [5.41, 5.74) is 1.84. The zero-order chi connectivity index (χ0) is 22.4. The van der Waals surface area contributed by atoms with E-state index in [4.69, 9.17) is 0 Å². The molecule has 2 heteroatoms. The first kappa shape index (κ1) is 21.9. The normalized spacial score (nSPS) is 56.1. The van der Waals surface area contributed by atoms with E-state index in [1.54, 1.807) is 0 Å². The SMILES string of the molecule is C=C(C)[C@@H]1CC[C@]2(C)CC[C@]3(C=O)[C@@H](CC[C@@H]4[C@@]5(C)CCC(=O)[C@@H](C)[C@@H]5CC[C@]43C)[C@@H]12. The van der Waals surface area contributed by atoms with Gasteiger partial charge in [-0.15, -0.1) is 0 Å². The standard InChI is InChI=1S/C29H44O2/c1-18(2)20-9-12-26(4)15-16-29(17-30)22(25(20)26)7-8-24-27(5)13-11-23(31)19(3)21(27)10-14-28(24,29)6/h17,19-22,24-25H,1,7-16H2,2-6H3/t19-,20-,21-,22-,24+,25+,26+,27-,28+,29-/m0/s1. The van der Waals surface area contributed by atoms with Gasteiger partial charge in [-0.05, 0) is 111 Å². The minimum atomic E-state index is -0.184. The van der Waals surface area contributed by atoms with Crippen LogP contribution in [-0.2, 0) is 9.59 Å². The third kappa shape index (κ3) is 2.57. The lowest BCUT2D eigenvalue weighted by Crippen LogP contribution is -2.66. The van der Waals surface area contributed by atoms with Crippen LogP contribution in [0.4, 0.5) is 0 Å². The highest BCUT2D eigenvalue weighted by Crippen LogP contribution is 2.76. The zero-order valence-electron chi connectivity index (χ0n) is 20.6. The average molecular weight is 425 g/mol. The third-order valence-corrected chi connectivity index (χ3v) is 12.6. The summed E-state index contributed by atoms with van der Waals surface area (Å²) in [7, 11) is 0. The van der Waals surface area contributed by atoms with Crippen molar-refractivity contribution in [3.8, 4) is 0 Å². The number of carbonyl (C=O) groups is 2. The van der Waals surface area contributed by atoms with E-state index in [2.05, 4.69) is 41.2 Å². The molecule has 5 saturated carbocycles. The van der Waals surface area contributed by atoms with Crippen molar-refractivity contribution in [1.29, 1.82) is 0 Å². The van der Waals surface area contributed by atoms with Gasteiger partial charge in [-0.2, -0.15) is 0 Å². The molecule has 0 aromatic carbocycles. The van der Waals surface area contributed by atoms with Crippen molar-refractivity contribution in [3.05, 3.63) is 12.2 Å². The van der Waals surface area contributed by atoms with Gasteiger partial charge in [0, 0.05) is 17.8 Å². The predicted octanol–water partition coefficient (Wildman–Crippen LogP) is 7.02. The Kier molecular flexibility index (Phi) is 4.80. The molecule has 0 aromatic heterocycles. The van der Waals surface area contributed by atoms with Crippen LogP contribution >= 0.6 is 0 Å². The molecular formula is C29H44O2. The molecule has 0 radical (unpaired) electrons. The minimum Gasteiger partial charge on any atom is -0.303 e. The number of aldehydes is 1. The van der Waals surface area contributed by atoms with E-state index in [1.165, 1.54) is 44.0 Å². The molecule has 2 nitrogen and oxygen atoms in total. The number of Topliss-reactive ketones (excluding diaryl/α,β-unsaturated/α-hetero) is 1. The Morgan fingerprint density at radius 1 is 0.968 bits per heavy atom. The van der Waals surface area contributed by atoms with Gasteiger partial charge >= 0.3 is 0 Å². The molecule has 5 fully saturated rings. The van der Waals surface area contributed by atoms with Crippen LogP contribution in [0.2, 0.25) is 0 Å². The van der Waals surface area contributed by atoms with Crippen molar-refractivity contribution in [1.82, 2.24) is 0 Å². The number of hydrogen-bond donors (Lipinski definition) is 0. The lowest BCUT2D eigenvalue weighted by molar-refractivity contribution is -0.221. The topological polar surface area (TPSA) is 34.1 Å². The van der Waals surface area contributed by atoms with Crippen LogP contribution in [0.15, 0.2) is 12.2 Å². The highest BCUT2D eigenvalue weighted by atomic mass is 16.1. The molecule has 0 N–H and O–H groups in total. The number of allylic oxidation sites excluding steroid dienone is 1. The molecule has 0 saturated heterocycles. The number of hydrogen-bond acceptors (Lipinski definition) is 2. The summed E-state index contributed by atoms with van der Waals surface area (Å²) in [5.74, 6) is 3.49. The Morgan fingerprint density at radius 2 is 1.71 bits per heavy atom. The predicted molar refractivity (Wildman–Crippen MR) is 125 cm³/mol. The molecule has 0 heterocycles. The number of fused-ring (bicyclic) bond motifs is 7. The highest BCUT2D eigenvalue weighted by Gasteiger charge is 2.71. The average Bonchev–Trinajstić information content (AvgIpc) is 3.08. The monoisotopic (exact) mass is 424 g/mol. The maximum atomic E-state index is 13.2. The van der Waals surface area contributed by atoms with Gasteiger partial charge in [-0.25, -0.2) is 0 Å². The van der Waals surface area contributed by atoms with Crippen molar-refractivity contribution in [2.24, 2.45) is 57.2 Å². The van der Waals surface area contributed by atoms with Crippen LogP contribution < -0.4 is 0 Å². The van der Waals surface area contributed by atoms with Crippen LogP contribution in [0.1, 0.15) is 98.8 Å². The number of rotatable bonds is 2. The van der Waals surface area contributed by atoms with Crippen molar-refractivity contribution in [2.75, 3.05) is 0 Å². The fourth-order valence-corrected chi connectivity index (χ4v) is 10.9. The summed E-state index contributed by atoms with van der Waals surface area (Å²) < 4.78 is 0. The van der Waals surface area contributed by atoms with Gasteiger partial charge in [-0.1, -0.05) is 39.8 Å². The third-order valence-electron chi connectivity index (χ3n) is 12.6. The second kappa shape index (κ2) is 6.80. The van der Waals surface area contributed by atoms with Crippen LogP contribution in [0.5, 0.6) is 0 Å². The van der Waals surface area contributed by atoms with Crippen LogP contribution in [0, 0.1) is 57.2 Å². The van der Waals surface area contributed by atoms with E-state index in [0.717, 1.165) is 32.1 Å². The van der Waals surface area contributed by atoms with Crippen LogP contribution in [0.3, 0.4) is 0 Å². The van der Waals surface area contributed by atoms with E-state index in [9.17, 15) is 9.59 Å². The first-order chi connectivity index (χ1) is 14.5. The summed E-state index contributed by atoms with van der Waals surface area (Å²) in [6.45, 7) is 16.4. The lowest BCUT2D eigenvalue weighted by atomic mass is 9.33. The van der Waals surface area contributed by atoms with Gasteiger partial charge in [0.25, 0.3) is 0 Å². The van der Waals surface area contributed by atoms with Gasteiger partial charge in [0.05, 0.1) is 0 Å². The molecule has 31 heavy (non-hydrogen) atoms. The first-order valence-corrected chi connectivity index (χ1v) is 13.2. The molecule has 172 valence electrons. The summed E-state index contributed by atoms with van der Waals surface area (Å²) in [6, 6.07) is 0. The van der Waals surface area contributed by atoms with E-state index < -0.39 is 0 Å². The molecule has 10 atom stereocenters. The molecule has 0 spiro atoms. The smallest absolute Gasteiger partial charge is 0.136 e. The fraction of sp³-hybridized carbons (Fsp3) is 0.862. The first-order valence-electron chi connectivity index (χ1n) is 13.2. The van der Waals surface area contributed by atoms with E-state index in [0.29, 0.717) is 40.8 Å². The van der Waals surface area contributed by atoms with Gasteiger partial charge in [-0.3, -0.25) is 4.79 Å². The molecular weight excluding hydrogens is 380 g/mol. The molecule has 0 aromatic rings. The number of carbonyl (C=O) groups excluding carboxylic acids is 2.